The van der Waals surface area contributed by atoms with Crippen molar-refractivity contribution in [3.63, 3.8) is 0 Å². The Bertz CT molecular complexity index is 434. The first-order chi connectivity index (χ1) is 8.31. The van der Waals surface area contributed by atoms with E-state index in [0.717, 1.165) is 29.9 Å². The molecule has 2 nitrogen and oxygen atoms in total. The summed E-state index contributed by atoms with van der Waals surface area (Å²) in [4.78, 5) is 0. The Morgan fingerprint density at radius 3 is 2.53 bits per heavy atom. The molecule has 0 radical (unpaired) electrons. The molecule has 0 aliphatic rings. The second-order valence-electron chi connectivity index (χ2n) is 3.88. The fourth-order valence-corrected chi connectivity index (χ4v) is 2.27. The molecule has 1 unspecified atom stereocenters. The zero-order valence-electron chi connectivity index (χ0n) is 9.80. The van der Waals surface area contributed by atoms with Crippen molar-refractivity contribution in [3.05, 3.63) is 52.2 Å². The van der Waals surface area contributed by atoms with Gasteiger partial charge in [0.2, 0.25) is 0 Å². The zero-order chi connectivity index (χ0) is 12.1. The second-order valence-corrected chi connectivity index (χ2v) is 4.66. The molecule has 1 N–H and O–H groups in total. The number of hydrogen-bond donors (Lipinski definition) is 1. The molecule has 0 saturated heterocycles. The van der Waals surface area contributed by atoms with Gasteiger partial charge in [-0.05, 0) is 46.5 Å². The molecule has 2 aromatic rings. The fraction of sp³-hybridized carbons (Fsp3) is 0.286. The maximum absolute atomic E-state index is 10.1. The highest BCUT2D eigenvalue weighted by Crippen LogP contribution is 2.25. The van der Waals surface area contributed by atoms with Gasteiger partial charge in [-0.1, -0.05) is 19.1 Å². The van der Waals surface area contributed by atoms with E-state index in [4.69, 9.17) is 4.74 Å². The quantitative estimate of drug-likeness (QED) is 0.875. The minimum absolute atomic E-state index is 0.540. The van der Waals surface area contributed by atoms with Crippen LogP contribution in [0.1, 0.15) is 30.6 Å². The van der Waals surface area contributed by atoms with E-state index in [1.54, 1.807) is 11.3 Å². The standard InChI is InChI=1S/C14H16O2S/c1-2-8-16-13-5-3-11(4-6-13)14(15)12-7-9-17-10-12/h3-7,9-10,14-15H,2,8H2,1H3. The van der Waals surface area contributed by atoms with Crippen molar-refractivity contribution in [1.29, 1.82) is 0 Å². The van der Waals surface area contributed by atoms with Gasteiger partial charge in [0.25, 0.3) is 0 Å². The Balaban J connectivity index is 2.07. The monoisotopic (exact) mass is 248 g/mol. The molecule has 1 atom stereocenters. The summed E-state index contributed by atoms with van der Waals surface area (Å²) in [5.74, 6) is 0.855. The minimum atomic E-state index is -0.540. The number of aliphatic hydroxyl groups is 1. The van der Waals surface area contributed by atoms with Crippen LogP contribution in [-0.2, 0) is 0 Å². The molecular weight excluding hydrogens is 232 g/mol. The van der Waals surface area contributed by atoms with Gasteiger partial charge in [0.15, 0.2) is 0 Å². The molecule has 0 bridgehead atoms. The van der Waals surface area contributed by atoms with Gasteiger partial charge in [-0.25, -0.2) is 0 Å². The van der Waals surface area contributed by atoms with E-state index in [9.17, 15) is 5.11 Å². The molecule has 0 saturated carbocycles. The molecule has 1 heterocycles. The topological polar surface area (TPSA) is 29.5 Å². The molecule has 3 heteroatoms. The summed E-state index contributed by atoms with van der Waals surface area (Å²) in [6.45, 7) is 2.81. The molecular formula is C14H16O2S. The average molecular weight is 248 g/mol. The SMILES string of the molecule is CCCOc1ccc(C(O)c2ccsc2)cc1. The van der Waals surface area contributed by atoms with Crippen LogP contribution in [0.2, 0.25) is 0 Å². The maximum atomic E-state index is 10.1. The summed E-state index contributed by atoms with van der Waals surface area (Å²) in [5, 5.41) is 14.0. The minimum Gasteiger partial charge on any atom is -0.494 e. The van der Waals surface area contributed by atoms with Crippen molar-refractivity contribution in [2.75, 3.05) is 6.61 Å². The van der Waals surface area contributed by atoms with E-state index < -0.39 is 6.10 Å². The van der Waals surface area contributed by atoms with E-state index >= 15 is 0 Å². The normalized spacial score (nSPS) is 12.4. The first kappa shape index (κ1) is 12.1. The Hall–Kier alpha value is -1.32. The Kier molecular flexibility index (Phi) is 4.18. The van der Waals surface area contributed by atoms with Crippen LogP contribution in [0.4, 0.5) is 0 Å². The lowest BCUT2D eigenvalue weighted by Crippen LogP contribution is -1.99. The van der Waals surface area contributed by atoms with E-state index in [1.165, 1.54) is 0 Å². The van der Waals surface area contributed by atoms with Crippen LogP contribution in [0.3, 0.4) is 0 Å². The lowest BCUT2D eigenvalue weighted by molar-refractivity contribution is 0.220. The van der Waals surface area contributed by atoms with Crippen LogP contribution in [0.5, 0.6) is 5.75 Å². The molecule has 0 fully saturated rings. The van der Waals surface area contributed by atoms with Crippen LogP contribution in [0.15, 0.2) is 41.1 Å². The Morgan fingerprint density at radius 1 is 1.18 bits per heavy atom. The smallest absolute Gasteiger partial charge is 0.119 e. The average Bonchev–Trinajstić information content (AvgIpc) is 2.90. The third-order valence-corrected chi connectivity index (χ3v) is 3.23. The van der Waals surface area contributed by atoms with Gasteiger partial charge in [0, 0.05) is 0 Å². The Labute approximate surface area is 105 Å². The summed E-state index contributed by atoms with van der Waals surface area (Å²) in [6.07, 6.45) is 0.459. The van der Waals surface area contributed by atoms with Crippen molar-refractivity contribution in [3.8, 4) is 5.75 Å². The van der Waals surface area contributed by atoms with Crippen molar-refractivity contribution in [2.24, 2.45) is 0 Å². The van der Waals surface area contributed by atoms with Crippen molar-refractivity contribution < 1.29 is 9.84 Å². The lowest BCUT2D eigenvalue weighted by Gasteiger charge is -2.10. The van der Waals surface area contributed by atoms with Crippen molar-refractivity contribution >= 4 is 11.3 Å². The maximum Gasteiger partial charge on any atom is 0.119 e. The Morgan fingerprint density at radius 2 is 1.94 bits per heavy atom. The molecule has 1 aromatic heterocycles. The first-order valence-electron chi connectivity index (χ1n) is 5.74. The van der Waals surface area contributed by atoms with Crippen LogP contribution in [0.25, 0.3) is 0 Å². The molecule has 0 spiro atoms. The lowest BCUT2D eigenvalue weighted by atomic mass is 10.0. The number of benzene rings is 1. The molecule has 0 aliphatic carbocycles. The molecule has 0 aliphatic heterocycles. The third-order valence-electron chi connectivity index (χ3n) is 2.53. The molecule has 2 rings (SSSR count). The third kappa shape index (κ3) is 3.08. The molecule has 1 aromatic carbocycles. The predicted molar refractivity (Wildman–Crippen MR) is 70.6 cm³/mol. The summed E-state index contributed by atoms with van der Waals surface area (Å²) in [5.41, 5.74) is 1.84. The van der Waals surface area contributed by atoms with Gasteiger partial charge in [-0.15, -0.1) is 0 Å². The van der Waals surface area contributed by atoms with E-state index in [-0.39, 0.29) is 0 Å². The van der Waals surface area contributed by atoms with Gasteiger partial charge in [0.1, 0.15) is 11.9 Å². The first-order valence-corrected chi connectivity index (χ1v) is 6.68. The van der Waals surface area contributed by atoms with Gasteiger partial charge in [-0.3, -0.25) is 0 Å². The molecule has 90 valence electrons. The number of rotatable bonds is 5. The van der Waals surface area contributed by atoms with E-state index in [2.05, 4.69) is 6.92 Å². The largest absolute Gasteiger partial charge is 0.494 e. The number of aliphatic hydroxyl groups excluding tert-OH is 1. The van der Waals surface area contributed by atoms with Gasteiger partial charge in [0.05, 0.1) is 6.61 Å². The second kappa shape index (κ2) is 5.84. The van der Waals surface area contributed by atoms with Crippen LogP contribution >= 0.6 is 11.3 Å². The van der Waals surface area contributed by atoms with E-state index in [0.29, 0.717) is 0 Å². The van der Waals surface area contributed by atoms with Crippen molar-refractivity contribution in [1.82, 2.24) is 0 Å². The summed E-state index contributed by atoms with van der Waals surface area (Å²) in [7, 11) is 0. The van der Waals surface area contributed by atoms with Crippen LogP contribution in [-0.4, -0.2) is 11.7 Å². The van der Waals surface area contributed by atoms with Crippen molar-refractivity contribution in [2.45, 2.75) is 19.4 Å². The highest BCUT2D eigenvalue weighted by Gasteiger charge is 2.10. The zero-order valence-corrected chi connectivity index (χ0v) is 10.6. The number of thiophene rings is 1. The molecule has 17 heavy (non-hydrogen) atoms. The van der Waals surface area contributed by atoms with E-state index in [1.807, 2.05) is 41.1 Å². The highest BCUT2D eigenvalue weighted by atomic mass is 32.1. The fourth-order valence-electron chi connectivity index (χ4n) is 1.59. The summed E-state index contributed by atoms with van der Waals surface area (Å²) < 4.78 is 5.50. The van der Waals surface area contributed by atoms with Gasteiger partial charge >= 0.3 is 0 Å². The number of hydrogen-bond acceptors (Lipinski definition) is 3. The van der Waals surface area contributed by atoms with Crippen LogP contribution < -0.4 is 4.74 Å². The highest BCUT2D eigenvalue weighted by molar-refractivity contribution is 7.07. The molecule has 0 amide bonds. The number of ether oxygens (including phenoxy) is 1. The predicted octanol–water partition coefficient (Wildman–Crippen LogP) is 3.62. The summed E-state index contributed by atoms with van der Waals surface area (Å²) in [6, 6.07) is 9.57. The van der Waals surface area contributed by atoms with Gasteiger partial charge in [-0.2, -0.15) is 11.3 Å². The van der Waals surface area contributed by atoms with Crippen LogP contribution in [0, 0.1) is 0 Å². The summed E-state index contributed by atoms with van der Waals surface area (Å²) >= 11 is 1.59. The van der Waals surface area contributed by atoms with Gasteiger partial charge < -0.3 is 9.84 Å².